The van der Waals surface area contributed by atoms with Crippen LogP contribution in [0.3, 0.4) is 0 Å². The number of H-pyrrole nitrogens is 1. The van der Waals surface area contributed by atoms with Gasteiger partial charge < -0.3 is 9.40 Å². The second-order valence-corrected chi connectivity index (χ2v) is 5.64. The summed E-state index contributed by atoms with van der Waals surface area (Å²) in [5.41, 5.74) is 5.16. The predicted molar refractivity (Wildman–Crippen MR) is 95.7 cm³/mol. The summed E-state index contributed by atoms with van der Waals surface area (Å²) in [6, 6.07) is 15.6. The number of hydrazine groups is 1. The zero-order valence-electron chi connectivity index (χ0n) is 13.4. The molecule has 0 aliphatic heterocycles. The fourth-order valence-corrected chi connectivity index (χ4v) is 2.73. The van der Waals surface area contributed by atoms with Gasteiger partial charge in [-0.3, -0.25) is 20.4 Å². The summed E-state index contributed by atoms with van der Waals surface area (Å²) >= 11 is 0. The van der Waals surface area contributed by atoms with Gasteiger partial charge in [-0.2, -0.15) is 0 Å². The highest BCUT2D eigenvalue weighted by atomic mass is 16.4. The molecule has 2 aromatic carbocycles. The van der Waals surface area contributed by atoms with E-state index in [1.165, 1.54) is 6.07 Å². The number of para-hydroxylation sites is 2. The molecule has 0 radical (unpaired) electrons. The number of hydrogen-bond donors (Lipinski definition) is 3. The molecule has 2 amide bonds. The van der Waals surface area contributed by atoms with E-state index in [9.17, 15) is 14.4 Å². The topological polar surface area (TPSA) is 104 Å². The summed E-state index contributed by atoms with van der Waals surface area (Å²) in [5.74, 6) is -1.25. The van der Waals surface area contributed by atoms with E-state index >= 15 is 0 Å². The number of fused-ring (bicyclic) bond motifs is 2. The maximum atomic E-state index is 12.3. The number of hydrogen-bond acceptors (Lipinski definition) is 4. The monoisotopic (exact) mass is 347 g/mol. The van der Waals surface area contributed by atoms with Crippen molar-refractivity contribution in [2.75, 3.05) is 0 Å². The number of aromatic nitrogens is 1. The number of rotatable bonds is 2. The molecule has 4 rings (SSSR count). The van der Waals surface area contributed by atoms with E-state index in [1.807, 2.05) is 18.2 Å². The highest BCUT2D eigenvalue weighted by Crippen LogP contribution is 2.17. The Hall–Kier alpha value is -3.87. The van der Waals surface area contributed by atoms with Crippen LogP contribution in [0.25, 0.3) is 21.9 Å². The molecular formula is C19H13N3O4. The van der Waals surface area contributed by atoms with Gasteiger partial charge in [-0.15, -0.1) is 0 Å². The summed E-state index contributed by atoms with van der Waals surface area (Å²) in [7, 11) is 0. The van der Waals surface area contributed by atoms with E-state index in [0.717, 1.165) is 10.9 Å². The lowest BCUT2D eigenvalue weighted by Gasteiger charge is -2.06. The van der Waals surface area contributed by atoms with Crippen LogP contribution in [0.1, 0.15) is 20.7 Å². The number of benzene rings is 2. The number of carbonyl (C=O) groups excluding carboxylic acids is 2. The standard InChI is InChI=1S/C19H13N3O4/c23-17(13-9-11-5-1-4-8-16(11)26-19(13)25)21-22-18(24)14-10-20-15-7-3-2-6-12(14)15/h1-10,20H,(H,21,23)(H,22,24). The molecule has 26 heavy (non-hydrogen) atoms. The smallest absolute Gasteiger partial charge is 0.349 e. The van der Waals surface area contributed by atoms with Crippen molar-refractivity contribution in [2.45, 2.75) is 0 Å². The van der Waals surface area contributed by atoms with E-state index in [-0.39, 0.29) is 5.56 Å². The SMILES string of the molecule is O=C(NNC(=O)c1c[nH]c2ccccc12)c1cc2ccccc2oc1=O. The Bertz CT molecular complexity index is 1210. The molecule has 3 N–H and O–H groups in total. The Morgan fingerprint density at radius 1 is 0.885 bits per heavy atom. The normalized spacial score (nSPS) is 10.8. The molecule has 2 aromatic heterocycles. The highest BCUT2D eigenvalue weighted by molar-refractivity contribution is 6.07. The van der Waals surface area contributed by atoms with E-state index in [1.54, 1.807) is 36.5 Å². The van der Waals surface area contributed by atoms with Gasteiger partial charge in [0.25, 0.3) is 11.8 Å². The lowest BCUT2D eigenvalue weighted by Crippen LogP contribution is -2.43. The van der Waals surface area contributed by atoms with Gasteiger partial charge in [-0.25, -0.2) is 4.79 Å². The first-order valence-electron chi connectivity index (χ1n) is 7.83. The Balaban J connectivity index is 1.54. The number of aromatic amines is 1. The molecule has 0 aliphatic carbocycles. The molecule has 0 unspecified atom stereocenters. The molecule has 7 nitrogen and oxygen atoms in total. The van der Waals surface area contributed by atoms with Crippen molar-refractivity contribution < 1.29 is 14.0 Å². The summed E-state index contributed by atoms with van der Waals surface area (Å²) < 4.78 is 5.12. The largest absolute Gasteiger partial charge is 0.422 e. The summed E-state index contributed by atoms with van der Waals surface area (Å²) in [4.78, 5) is 39.5. The van der Waals surface area contributed by atoms with Crippen LogP contribution in [-0.4, -0.2) is 16.8 Å². The molecule has 7 heteroatoms. The molecular weight excluding hydrogens is 334 g/mol. The molecule has 0 saturated carbocycles. The van der Waals surface area contributed by atoms with Crippen molar-refractivity contribution in [3.63, 3.8) is 0 Å². The minimum absolute atomic E-state index is 0.192. The molecule has 128 valence electrons. The average Bonchev–Trinajstić information content (AvgIpc) is 3.09. The minimum atomic E-state index is -0.775. The second kappa shape index (κ2) is 6.21. The van der Waals surface area contributed by atoms with Gasteiger partial charge in [0.05, 0.1) is 5.56 Å². The highest BCUT2D eigenvalue weighted by Gasteiger charge is 2.16. The van der Waals surface area contributed by atoms with Crippen molar-refractivity contribution in [1.29, 1.82) is 0 Å². The Morgan fingerprint density at radius 3 is 2.42 bits per heavy atom. The van der Waals surface area contributed by atoms with Gasteiger partial charge in [0.1, 0.15) is 11.1 Å². The molecule has 0 aliphatic rings. The minimum Gasteiger partial charge on any atom is -0.422 e. The van der Waals surface area contributed by atoms with Crippen molar-refractivity contribution >= 4 is 33.7 Å². The Morgan fingerprint density at radius 2 is 1.58 bits per heavy atom. The van der Waals surface area contributed by atoms with Gasteiger partial charge in [-0.05, 0) is 18.2 Å². The maximum absolute atomic E-state index is 12.3. The van der Waals surface area contributed by atoms with Gasteiger partial charge in [0.2, 0.25) is 0 Å². The quantitative estimate of drug-likeness (QED) is 0.382. The Kier molecular flexibility index (Phi) is 3.74. The van der Waals surface area contributed by atoms with Crippen LogP contribution in [0.5, 0.6) is 0 Å². The van der Waals surface area contributed by atoms with E-state index in [2.05, 4.69) is 15.8 Å². The summed E-state index contributed by atoms with van der Waals surface area (Å²) in [5, 5.41) is 1.34. The molecule has 2 heterocycles. The molecule has 0 spiro atoms. The van der Waals surface area contributed by atoms with Crippen LogP contribution < -0.4 is 16.5 Å². The van der Waals surface area contributed by atoms with Gasteiger partial charge in [0, 0.05) is 22.5 Å². The van der Waals surface area contributed by atoms with Crippen LogP contribution in [0.2, 0.25) is 0 Å². The van der Waals surface area contributed by atoms with Gasteiger partial charge in [0.15, 0.2) is 0 Å². The summed E-state index contributed by atoms with van der Waals surface area (Å²) in [6.45, 7) is 0. The van der Waals surface area contributed by atoms with Crippen molar-refractivity contribution in [3.05, 3.63) is 82.3 Å². The van der Waals surface area contributed by atoms with Crippen LogP contribution in [0.4, 0.5) is 0 Å². The van der Waals surface area contributed by atoms with Crippen LogP contribution in [0, 0.1) is 0 Å². The predicted octanol–water partition coefficient (Wildman–Crippen LogP) is 2.35. The maximum Gasteiger partial charge on any atom is 0.349 e. The average molecular weight is 347 g/mol. The second-order valence-electron chi connectivity index (χ2n) is 5.64. The number of amides is 2. The van der Waals surface area contributed by atoms with E-state index in [0.29, 0.717) is 16.5 Å². The van der Waals surface area contributed by atoms with Crippen LogP contribution >= 0.6 is 0 Å². The van der Waals surface area contributed by atoms with Gasteiger partial charge >= 0.3 is 5.63 Å². The number of nitrogens with one attached hydrogen (secondary N) is 3. The first-order valence-corrected chi connectivity index (χ1v) is 7.83. The lowest BCUT2D eigenvalue weighted by molar-refractivity contribution is 0.0845. The molecule has 0 bridgehead atoms. The van der Waals surface area contributed by atoms with Crippen LogP contribution in [0.15, 0.2) is 70.0 Å². The van der Waals surface area contributed by atoms with Gasteiger partial charge in [-0.1, -0.05) is 36.4 Å². The van der Waals surface area contributed by atoms with Crippen molar-refractivity contribution in [3.8, 4) is 0 Å². The third-order valence-corrected chi connectivity index (χ3v) is 4.01. The first-order chi connectivity index (χ1) is 12.6. The molecule has 0 atom stereocenters. The fraction of sp³-hybridized carbons (Fsp3) is 0. The first kappa shape index (κ1) is 15.6. The van der Waals surface area contributed by atoms with Crippen molar-refractivity contribution in [2.24, 2.45) is 0 Å². The molecule has 0 fully saturated rings. The molecule has 4 aromatic rings. The Labute approximate surface area is 146 Å². The molecule has 0 saturated heterocycles. The van der Waals surface area contributed by atoms with E-state index in [4.69, 9.17) is 4.42 Å². The van der Waals surface area contributed by atoms with Crippen molar-refractivity contribution in [1.82, 2.24) is 15.8 Å². The van der Waals surface area contributed by atoms with Crippen LogP contribution in [-0.2, 0) is 0 Å². The number of carbonyl (C=O) groups is 2. The zero-order valence-corrected chi connectivity index (χ0v) is 13.4. The third kappa shape index (κ3) is 2.71. The van der Waals surface area contributed by atoms with E-state index < -0.39 is 17.4 Å². The zero-order chi connectivity index (χ0) is 18.1. The lowest BCUT2D eigenvalue weighted by atomic mass is 10.1. The summed E-state index contributed by atoms with van der Waals surface area (Å²) in [6.07, 6.45) is 1.55. The third-order valence-electron chi connectivity index (χ3n) is 4.01. The fourth-order valence-electron chi connectivity index (χ4n) is 2.73.